The lowest BCUT2D eigenvalue weighted by Crippen LogP contribution is -2.45. The van der Waals surface area contributed by atoms with Crippen molar-refractivity contribution in [2.24, 2.45) is 13.0 Å². The van der Waals surface area contributed by atoms with Gasteiger partial charge in [0.25, 0.3) is 0 Å². The first-order chi connectivity index (χ1) is 13.6. The monoisotopic (exact) mass is 408 g/mol. The van der Waals surface area contributed by atoms with Crippen LogP contribution < -0.4 is 0 Å². The van der Waals surface area contributed by atoms with Crippen LogP contribution in [0.5, 0.6) is 0 Å². The number of amides is 2. The Kier molecular flexibility index (Phi) is 5.95. The fourth-order valence-corrected chi connectivity index (χ4v) is 3.55. The average molecular weight is 408 g/mol. The summed E-state index contributed by atoms with van der Waals surface area (Å²) in [6, 6.07) is 4.94. The highest BCUT2D eigenvalue weighted by molar-refractivity contribution is 5.83. The van der Waals surface area contributed by atoms with Gasteiger partial charge in [-0.2, -0.15) is 18.3 Å². The molecule has 2 amide bonds. The molecule has 1 aromatic carbocycles. The fourth-order valence-electron chi connectivity index (χ4n) is 3.55. The molecule has 0 spiro atoms. The molecule has 9 heteroatoms. The molecule has 0 N–H and O–H groups in total. The number of aryl methyl sites for hydroxylation is 1. The highest BCUT2D eigenvalue weighted by atomic mass is 19.4. The number of hydrogen-bond donors (Lipinski definition) is 0. The minimum atomic E-state index is -4.44. The van der Waals surface area contributed by atoms with Gasteiger partial charge in [0.1, 0.15) is 0 Å². The molecule has 1 saturated heterocycles. The first-order valence-corrected chi connectivity index (χ1v) is 9.30. The Bertz CT molecular complexity index is 894. The van der Waals surface area contributed by atoms with Gasteiger partial charge in [0, 0.05) is 51.9 Å². The van der Waals surface area contributed by atoms with E-state index in [1.165, 1.54) is 11.0 Å². The average Bonchev–Trinajstić information content (AvgIpc) is 3.07. The highest BCUT2D eigenvalue weighted by Crippen LogP contribution is 2.30. The molecule has 1 aliphatic rings. The van der Waals surface area contributed by atoms with E-state index in [0.29, 0.717) is 18.5 Å². The molecule has 0 saturated carbocycles. The van der Waals surface area contributed by atoms with Crippen molar-refractivity contribution < 1.29 is 22.8 Å². The van der Waals surface area contributed by atoms with Crippen LogP contribution in [0.1, 0.15) is 29.5 Å². The Balaban J connectivity index is 1.65. The predicted molar refractivity (Wildman–Crippen MR) is 99.3 cm³/mol. The summed E-state index contributed by atoms with van der Waals surface area (Å²) >= 11 is 0. The largest absolute Gasteiger partial charge is 0.416 e. The van der Waals surface area contributed by atoms with E-state index < -0.39 is 11.7 Å². The molecule has 0 radical (unpaired) electrons. The van der Waals surface area contributed by atoms with Gasteiger partial charge in [-0.25, -0.2) is 0 Å². The number of piperidine rings is 1. The van der Waals surface area contributed by atoms with Crippen molar-refractivity contribution in [3.63, 3.8) is 0 Å². The first kappa shape index (κ1) is 20.9. The normalized spacial score (nSPS) is 17.5. The van der Waals surface area contributed by atoms with E-state index in [-0.39, 0.29) is 37.2 Å². The van der Waals surface area contributed by atoms with Crippen LogP contribution in [0.2, 0.25) is 0 Å². The summed E-state index contributed by atoms with van der Waals surface area (Å²) in [6.45, 7) is 0.662. The van der Waals surface area contributed by atoms with Crippen LogP contribution in [-0.4, -0.2) is 45.0 Å². The molecule has 0 unspecified atom stereocenters. The second-order valence-electron chi connectivity index (χ2n) is 7.42. The molecular formula is C20H23F3N4O2. The number of halogens is 3. The van der Waals surface area contributed by atoms with Crippen LogP contribution in [0, 0.1) is 5.92 Å². The Labute approximate surface area is 166 Å². The second-order valence-corrected chi connectivity index (χ2v) is 7.42. The number of carbonyl (C=O) groups is 2. The Morgan fingerprint density at radius 1 is 1.31 bits per heavy atom. The standard InChI is InChI=1S/C20H23F3N4O2/c1-25(10-15-9-24-26(2)11-15)19(29)16-6-7-18(28)27(13-16)12-14-4-3-5-17(8-14)20(21,22)23/h3-5,8-9,11,16H,6-7,10,12-13H2,1-2H3/t16-/m0/s1. The maximum Gasteiger partial charge on any atom is 0.416 e. The van der Waals surface area contributed by atoms with Crippen molar-refractivity contribution in [3.8, 4) is 0 Å². The van der Waals surface area contributed by atoms with Gasteiger partial charge in [0.05, 0.1) is 17.7 Å². The number of nitrogens with zero attached hydrogens (tertiary/aromatic N) is 4. The molecule has 6 nitrogen and oxygen atoms in total. The minimum absolute atomic E-state index is 0.0544. The summed E-state index contributed by atoms with van der Waals surface area (Å²) < 4.78 is 40.4. The molecular weight excluding hydrogens is 385 g/mol. The quantitative estimate of drug-likeness (QED) is 0.765. The van der Waals surface area contributed by atoms with Crippen LogP contribution >= 0.6 is 0 Å². The van der Waals surface area contributed by atoms with Gasteiger partial charge in [-0.1, -0.05) is 12.1 Å². The maximum absolute atomic E-state index is 12.9. The number of carbonyl (C=O) groups excluding carboxylic acids is 2. The fraction of sp³-hybridized carbons (Fsp3) is 0.450. The third-order valence-electron chi connectivity index (χ3n) is 5.03. The van der Waals surface area contributed by atoms with Crippen molar-refractivity contribution >= 4 is 11.8 Å². The van der Waals surface area contributed by atoms with Gasteiger partial charge in [0.15, 0.2) is 0 Å². The highest BCUT2D eigenvalue weighted by Gasteiger charge is 2.33. The number of likely N-dealkylation sites (tertiary alicyclic amines) is 1. The van der Waals surface area contributed by atoms with Crippen molar-refractivity contribution in [2.45, 2.75) is 32.1 Å². The van der Waals surface area contributed by atoms with E-state index in [4.69, 9.17) is 0 Å². The van der Waals surface area contributed by atoms with Crippen LogP contribution in [-0.2, 0) is 35.9 Å². The lowest BCUT2D eigenvalue weighted by Gasteiger charge is -2.34. The molecule has 1 aliphatic heterocycles. The third kappa shape index (κ3) is 5.16. The smallest absolute Gasteiger partial charge is 0.341 e. The second kappa shape index (κ2) is 8.26. The molecule has 29 heavy (non-hydrogen) atoms. The van der Waals surface area contributed by atoms with Gasteiger partial charge in [-0.15, -0.1) is 0 Å². The van der Waals surface area contributed by atoms with Crippen molar-refractivity contribution in [1.82, 2.24) is 19.6 Å². The van der Waals surface area contributed by atoms with Crippen molar-refractivity contribution in [3.05, 3.63) is 53.3 Å². The van der Waals surface area contributed by atoms with Gasteiger partial charge in [-0.05, 0) is 24.1 Å². The molecule has 3 rings (SSSR count). The third-order valence-corrected chi connectivity index (χ3v) is 5.03. The zero-order valence-electron chi connectivity index (χ0n) is 16.3. The topological polar surface area (TPSA) is 58.4 Å². The maximum atomic E-state index is 12.9. The van der Waals surface area contributed by atoms with Crippen LogP contribution in [0.25, 0.3) is 0 Å². The molecule has 0 aliphatic carbocycles. The lowest BCUT2D eigenvalue weighted by molar-refractivity contribution is -0.143. The van der Waals surface area contributed by atoms with E-state index in [2.05, 4.69) is 5.10 Å². The molecule has 2 aromatic rings. The predicted octanol–water partition coefficient (Wildman–Crippen LogP) is 2.84. The number of alkyl halides is 3. The molecule has 0 bridgehead atoms. The number of benzene rings is 1. The molecule has 1 fully saturated rings. The van der Waals surface area contributed by atoms with Crippen LogP contribution in [0.4, 0.5) is 13.2 Å². The summed E-state index contributed by atoms with van der Waals surface area (Å²) in [4.78, 5) is 28.2. The molecule has 2 heterocycles. The number of rotatable bonds is 5. The minimum Gasteiger partial charge on any atom is -0.341 e. The zero-order valence-corrected chi connectivity index (χ0v) is 16.3. The van der Waals surface area contributed by atoms with Gasteiger partial charge in [-0.3, -0.25) is 14.3 Å². The summed E-state index contributed by atoms with van der Waals surface area (Å²) in [5, 5.41) is 4.08. The van der Waals surface area contributed by atoms with Gasteiger partial charge >= 0.3 is 6.18 Å². The van der Waals surface area contributed by atoms with Crippen molar-refractivity contribution in [2.75, 3.05) is 13.6 Å². The van der Waals surface area contributed by atoms with Crippen molar-refractivity contribution in [1.29, 1.82) is 0 Å². The van der Waals surface area contributed by atoms with E-state index in [1.54, 1.807) is 35.9 Å². The Morgan fingerprint density at radius 2 is 2.07 bits per heavy atom. The number of hydrogen-bond acceptors (Lipinski definition) is 3. The first-order valence-electron chi connectivity index (χ1n) is 9.30. The Morgan fingerprint density at radius 3 is 2.72 bits per heavy atom. The molecule has 156 valence electrons. The van der Waals surface area contributed by atoms with Crippen LogP contribution in [0.3, 0.4) is 0 Å². The van der Waals surface area contributed by atoms with Gasteiger partial charge < -0.3 is 9.80 Å². The summed E-state index contributed by atoms with van der Waals surface area (Å²) in [5.74, 6) is -0.614. The Hall–Kier alpha value is -2.84. The van der Waals surface area contributed by atoms with E-state index in [9.17, 15) is 22.8 Å². The van der Waals surface area contributed by atoms with E-state index >= 15 is 0 Å². The van der Waals surface area contributed by atoms with Gasteiger partial charge in [0.2, 0.25) is 11.8 Å². The van der Waals surface area contributed by atoms with Crippen LogP contribution in [0.15, 0.2) is 36.7 Å². The van der Waals surface area contributed by atoms with E-state index in [1.807, 2.05) is 6.20 Å². The summed E-state index contributed by atoms with van der Waals surface area (Å²) in [7, 11) is 3.49. The molecule has 1 atom stereocenters. The molecule has 1 aromatic heterocycles. The lowest BCUT2D eigenvalue weighted by atomic mass is 9.95. The summed E-state index contributed by atoms with van der Waals surface area (Å²) in [5.41, 5.74) is 0.546. The van der Waals surface area contributed by atoms with E-state index in [0.717, 1.165) is 17.7 Å². The number of aromatic nitrogens is 2. The zero-order chi connectivity index (χ0) is 21.2. The summed E-state index contributed by atoms with van der Waals surface area (Å²) in [6.07, 6.45) is -0.276. The SMILES string of the molecule is CN(Cc1cnn(C)c1)C(=O)[C@H]1CCC(=O)N(Cc2cccc(C(F)(F)F)c2)C1.